The highest BCUT2D eigenvalue weighted by Crippen LogP contribution is 2.22. The number of hydrogen-bond acceptors (Lipinski definition) is 4. The van der Waals surface area contributed by atoms with Crippen LogP contribution in [0.4, 0.5) is 5.69 Å². The number of aromatic hydroxyl groups is 1. The molecule has 0 unspecified atom stereocenters. The average molecular weight is 195 g/mol. The van der Waals surface area contributed by atoms with Crippen molar-refractivity contribution in [1.29, 1.82) is 0 Å². The Balaban J connectivity index is 3.26. The van der Waals surface area contributed by atoms with Crippen molar-refractivity contribution in [3.63, 3.8) is 0 Å². The molecule has 0 atom stereocenters. The number of carboxylic acid groups (broad SMARTS) is 1. The summed E-state index contributed by atoms with van der Waals surface area (Å²) in [6, 6.07) is 3.91. The summed E-state index contributed by atoms with van der Waals surface area (Å²) in [6.45, 7) is 0. The summed E-state index contributed by atoms with van der Waals surface area (Å²) < 4.78 is 0. The van der Waals surface area contributed by atoms with Crippen molar-refractivity contribution in [3.8, 4) is 5.75 Å². The lowest BCUT2D eigenvalue weighted by Gasteiger charge is -1.98. The lowest BCUT2D eigenvalue weighted by molar-refractivity contribution is 0.0694. The smallest absolute Gasteiger partial charge is 0.339 e. The van der Waals surface area contributed by atoms with Crippen molar-refractivity contribution in [2.24, 2.45) is 4.99 Å². The van der Waals surface area contributed by atoms with E-state index in [0.717, 1.165) is 0 Å². The van der Waals surface area contributed by atoms with Crippen molar-refractivity contribution >= 4 is 29.0 Å². The van der Waals surface area contributed by atoms with Gasteiger partial charge in [0.05, 0.1) is 10.8 Å². The zero-order chi connectivity index (χ0) is 9.84. The topological polar surface area (TPSA) is 69.9 Å². The van der Waals surface area contributed by atoms with Crippen molar-refractivity contribution in [3.05, 3.63) is 23.8 Å². The fourth-order valence-corrected chi connectivity index (χ4v) is 0.923. The fraction of sp³-hybridized carbons (Fsp3) is 0. The number of isothiocyanates is 1. The SMILES string of the molecule is O=C(O)c1cc(N=C=S)ccc1O. The molecule has 4 nitrogen and oxygen atoms in total. The molecule has 1 aromatic carbocycles. The highest BCUT2D eigenvalue weighted by atomic mass is 32.1. The minimum Gasteiger partial charge on any atom is -0.507 e. The highest BCUT2D eigenvalue weighted by Gasteiger charge is 2.09. The Kier molecular flexibility index (Phi) is 2.74. The molecule has 0 spiro atoms. The summed E-state index contributed by atoms with van der Waals surface area (Å²) >= 11 is 4.35. The number of aliphatic imine (C=N–C) groups is 1. The van der Waals surface area contributed by atoms with Crippen LogP contribution in [0.3, 0.4) is 0 Å². The van der Waals surface area contributed by atoms with Crippen molar-refractivity contribution in [2.45, 2.75) is 0 Å². The normalized spacial score (nSPS) is 8.92. The summed E-state index contributed by atoms with van der Waals surface area (Å²) in [7, 11) is 0. The molecular weight excluding hydrogens is 190 g/mol. The zero-order valence-corrected chi connectivity index (χ0v) is 7.21. The third-order valence-electron chi connectivity index (χ3n) is 1.39. The Morgan fingerprint density at radius 2 is 2.23 bits per heavy atom. The number of aromatic carboxylic acids is 1. The van der Waals surface area contributed by atoms with Crippen LogP contribution in [0.2, 0.25) is 0 Å². The van der Waals surface area contributed by atoms with E-state index in [4.69, 9.17) is 10.2 Å². The number of carboxylic acids is 1. The van der Waals surface area contributed by atoms with Gasteiger partial charge in [-0.2, -0.15) is 4.99 Å². The minimum absolute atomic E-state index is 0.202. The van der Waals surface area contributed by atoms with E-state index in [1.165, 1.54) is 18.2 Å². The zero-order valence-electron chi connectivity index (χ0n) is 6.39. The number of phenols is 1. The second kappa shape index (κ2) is 3.80. The average Bonchev–Trinajstić information content (AvgIpc) is 2.08. The molecule has 0 fully saturated rings. The van der Waals surface area contributed by atoms with Gasteiger partial charge in [0, 0.05) is 0 Å². The van der Waals surface area contributed by atoms with Crippen LogP contribution >= 0.6 is 12.2 Å². The van der Waals surface area contributed by atoms with E-state index in [1.807, 2.05) is 0 Å². The summed E-state index contributed by atoms with van der Waals surface area (Å²) in [4.78, 5) is 14.1. The molecule has 13 heavy (non-hydrogen) atoms. The predicted octanol–water partition coefficient (Wildman–Crippen LogP) is 1.82. The monoisotopic (exact) mass is 195 g/mol. The lowest BCUT2D eigenvalue weighted by Crippen LogP contribution is -1.95. The first-order chi connectivity index (χ1) is 6.15. The van der Waals surface area contributed by atoms with Gasteiger partial charge in [-0.1, -0.05) is 0 Å². The van der Waals surface area contributed by atoms with Crippen molar-refractivity contribution in [2.75, 3.05) is 0 Å². The molecule has 1 rings (SSSR count). The second-order valence-electron chi connectivity index (χ2n) is 2.21. The standard InChI is InChI=1S/C8H5NO3S/c10-7-2-1-5(9-4-13)3-6(7)8(11)12/h1-3,10H,(H,11,12). The summed E-state index contributed by atoms with van der Waals surface area (Å²) in [5.74, 6) is -1.50. The quantitative estimate of drug-likeness (QED) is 0.557. The van der Waals surface area contributed by atoms with Gasteiger partial charge in [0.25, 0.3) is 0 Å². The van der Waals surface area contributed by atoms with Crippen LogP contribution in [0.1, 0.15) is 10.4 Å². The van der Waals surface area contributed by atoms with Crippen molar-refractivity contribution in [1.82, 2.24) is 0 Å². The number of nitrogens with zero attached hydrogens (tertiary/aromatic N) is 1. The van der Waals surface area contributed by atoms with Crippen LogP contribution in [0.15, 0.2) is 23.2 Å². The maximum absolute atomic E-state index is 10.5. The van der Waals surface area contributed by atoms with Gasteiger partial charge in [-0.05, 0) is 30.4 Å². The molecule has 1 aromatic rings. The lowest BCUT2D eigenvalue weighted by atomic mass is 10.2. The number of hydrogen-bond donors (Lipinski definition) is 2. The second-order valence-corrected chi connectivity index (χ2v) is 2.39. The highest BCUT2D eigenvalue weighted by molar-refractivity contribution is 7.78. The molecule has 0 aliphatic rings. The Bertz CT molecular complexity index is 396. The molecule has 0 aliphatic carbocycles. The van der Waals surface area contributed by atoms with E-state index in [0.29, 0.717) is 5.69 Å². The first-order valence-corrected chi connectivity index (χ1v) is 3.70. The molecule has 66 valence electrons. The molecule has 0 radical (unpaired) electrons. The van der Waals surface area contributed by atoms with E-state index in [-0.39, 0.29) is 11.3 Å². The third-order valence-corrected chi connectivity index (χ3v) is 1.48. The van der Waals surface area contributed by atoms with Gasteiger partial charge >= 0.3 is 5.97 Å². The molecule has 0 aliphatic heterocycles. The number of carbonyl (C=O) groups is 1. The molecule has 0 saturated carbocycles. The maximum atomic E-state index is 10.5. The van der Waals surface area contributed by atoms with E-state index < -0.39 is 5.97 Å². The van der Waals surface area contributed by atoms with Crippen LogP contribution in [0.5, 0.6) is 5.75 Å². The fourth-order valence-electron chi connectivity index (χ4n) is 0.818. The van der Waals surface area contributed by atoms with E-state index in [2.05, 4.69) is 22.4 Å². The Hall–Kier alpha value is -1.71. The molecule has 0 bridgehead atoms. The molecular formula is C8H5NO3S. The summed E-state index contributed by atoms with van der Waals surface area (Å²) in [6.07, 6.45) is 0. The first-order valence-electron chi connectivity index (χ1n) is 3.29. The molecule has 5 heteroatoms. The molecule has 0 aromatic heterocycles. The van der Waals surface area contributed by atoms with Gasteiger partial charge in [0.1, 0.15) is 11.3 Å². The summed E-state index contributed by atoms with van der Waals surface area (Å²) in [5, 5.41) is 19.8. The number of rotatable bonds is 2. The van der Waals surface area contributed by atoms with Crippen molar-refractivity contribution < 1.29 is 15.0 Å². The van der Waals surface area contributed by atoms with Gasteiger partial charge in [-0.25, -0.2) is 4.79 Å². The Morgan fingerprint density at radius 3 is 2.77 bits per heavy atom. The van der Waals surface area contributed by atoms with Gasteiger partial charge in [0.2, 0.25) is 0 Å². The molecule has 2 N–H and O–H groups in total. The molecule has 0 heterocycles. The van der Waals surface area contributed by atoms with Gasteiger partial charge in [0.15, 0.2) is 0 Å². The van der Waals surface area contributed by atoms with Crippen LogP contribution in [0, 0.1) is 0 Å². The molecule has 0 amide bonds. The summed E-state index contributed by atoms with van der Waals surface area (Å²) in [5.41, 5.74) is 0.150. The van der Waals surface area contributed by atoms with E-state index in [1.54, 1.807) is 0 Å². The molecule has 0 saturated heterocycles. The van der Waals surface area contributed by atoms with Crippen LogP contribution in [-0.2, 0) is 0 Å². The van der Waals surface area contributed by atoms with E-state index >= 15 is 0 Å². The van der Waals surface area contributed by atoms with Gasteiger partial charge in [-0.3, -0.25) is 0 Å². The number of thiocarbonyl (C=S) groups is 1. The van der Waals surface area contributed by atoms with E-state index in [9.17, 15) is 4.79 Å². The number of benzene rings is 1. The van der Waals surface area contributed by atoms with Gasteiger partial charge in [-0.15, -0.1) is 0 Å². The first kappa shape index (κ1) is 9.38. The largest absolute Gasteiger partial charge is 0.507 e. The Morgan fingerprint density at radius 1 is 1.54 bits per heavy atom. The maximum Gasteiger partial charge on any atom is 0.339 e. The van der Waals surface area contributed by atoms with Gasteiger partial charge < -0.3 is 10.2 Å². The van der Waals surface area contributed by atoms with Crippen LogP contribution in [-0.4, -0.2) is 21.3 Å². The minimum atomic E-state index is -1.21. The Labute approximate surface area is 79.2 Å². The van der Waals surface area contributed by atoms with Crippen LogP contribution < -0.4 is 0 Å². The van der Waals surface area contributed by atoms with Crippen LogP contribution in [0.25, 0.3) is 0 Å². The predicted molar refractivity (Wildman–Crippen MR) is 49.8 cm³/mol. The third kappa shape index (κ3) is 2.11.